The summed E-state index contributed by atoms with van der Waals surface area (Å²) in [5.41, 5.74) is 0.376. The van der Waals surface area contributed by atoms with E-state index in [1.54, 1.807) is 24.3 Å². The lowest BCUT2D eigenvalue weighted by Crippen LogP contribution is -2.16. The van der Waals surface area contributed by atoms with Crippen molar-refractivity contribution in [2.75, 3.05) is 10.6 Å². The van der Waals surface area contributed by atoms with Crippen LogP contribution in [0.4, 0.5) is 15.9 Å². The Labute approximate surface area is 164 Å². The summed E-state index contributed by atoms with van der Waals surface area (Å²) in [5.74, 6) is -1.67. The summed E-state index contributed by atoms with van der Waals surface area (Å²) >= 11 is 12.0. The van der Waals surface area contributed by atoms with Crippen molar-refractivity contribution in [3.8, 4) is 0 Å². The van der Waals surface area contributed by atoms with Crippen LogP contribution < -0.4 is 10.6 Å². The standard InChI is InChI=1S/C19H12Cl2FN3O2/c20-13-5-3-6-14(21)17(13)19(27)24-11-8-9-23-16(10-11)25-18(26)12-4-1-2-7-15(12)22/h1-10H,(H2,23,24,25,26,27). The number of rotatable bonds is 4. The highest BCUT2D eigenvalue weighted by Gasteiger charge is 2.16. The highest BCUT2D eigenvalue weighted by Crippen LogP contribution is 2.25. The fourth-order valence-electron chi connectivity index (χ4n) is 2.31. The third-order valence-corrected chi connectivity index (χ3v) is 4.20. The first-order valence-corrected chi connectivity index (χ1v) is 8.48. The lowest BCUT2D eigenvalue weighted by atomic mass is 10.2. The maximum Gasteiger partial charge on any atom is 0.259 e. The highest BCUT2D eigenvalue weighted by molar-refractivity contribution is 6.40. The van der Waals surface area contributed by atoms with Crippen LogP contribution in [-0.4, -0.2) is 16.8 Å². The molecule has 136 valence electrons. The number of nitrogens with zero attached hydrogens (tertiary/aromatic N) is 1. The van der Waals surface area contributed by atoms with Crippen molar-refractivity contribution >= 4 is 46.5 Å². The van der Waals surface area contributed by atoms with Crippen molar-refractivity contribution < 1.29 is 14.0 Å². The molecule has 1 heterocycles. The van der Waals surface area contributed by atoms with Gasteiger partial charge in [-0.2, -0.15) is 0 Å². The first-order chi connectivity index (χ1) is 13.0. The van der Waals surface area contributed by atoms with Crippen LogP contribution in [0, 0.1) is 5.82 Å². The lowest BCUT2D eigenvalue weighted by molar-refractivity contribution is 0.101. The number of halogens is 3. The maximum atomic E-state index is 13.7. The molecule has 0 aliphatic carbocycles. The van der Waals surface area contributed by atoms with Crippen LogP contribution in [0.15, 0.2) is 60.8 Å². The fourth-order valence-corrected chi connectivity index (χ4v) is 2.88. The van der Waals surface area contributed by atoms with Gasteiger partial charge < -0.3 is 10.6 Å². The van der Waals surface area contributed by atoms with Crippen molar-refractivity contribution in [3.63, 3.8) is 0 Å². The fraction of sp³-hybridized carbons (Fsp3) is 0. The van der Waals surface area contributed by atoms with E-state index in [0.29, 0.717) is 5.69 Å². The molecule has 0 radical (unpaired) electrons. The summed E-state index contributed by atoms with van der Waals surface area (Å²) in [4.78, 5) is 28.6. The summed E-state index contributed by atoms with van der Waals surface area (Å²) < 4.78 is 13.7. The van der Waals surface area contributed by atoms with E-state index in [1.807, 2.05) is 0 Å². The van der Waals surface area contributed by atoms with Crippen LogP contribution in [0.5, 0.6) is 0 Å². The van der Waals surface area contributed by atoms with E-state index in [0.717, 1.165) is 0 Å². The normalized spacial score (nSPS) is 10.3. The largest absolute Gasteiger partial charge is 0.322 e. The minimum atomic E-state index is -0.654. The van der Waals surface area contributed by atoms with Gasteiger partial charge in [-0.3, -0.25) is 9.59 Å². The Balaban J connectivity index is 1.77. The number of carbonyl (C=O) groups excluding carboxylic acids is 2. The van der Waals surface area contributed by atoms with Gasteiger partial charge in [0.15, 0.2) is 0 Å². The third-order valence-electron chi connectivity index (χ3n) is 3.57. The molecular formula is C19H12Cl2FN3O2. The second-order valence-electron chi connectivity index (χ2n) is 5.41. The van der Waals surface area contributed by atoms with Gasteiger partial charge in [0.2, 0.25) is 0 Å². The van der Waals surface area contributed by atoms with Gasteiger partial charge in [-0.1, -0.05) is 41.4 Å². The van der Waals surface area contributed by atoms with Crippen LogP contribution in [0.3, 0.4) is 0 Å². The topological polar surface area (TPSA) is 71.1 Å². The molecule has 2 N–H and O–H groups in total. The van der Waals surface area contributed by atoms with E-state index in [1.165, 1.54) is 36.5 Å². The van der Waals surface area contributed by atoms with Gasteiger partial charge in [-0.05, 0) is 30.3 Å². The van der Waals surface area contributed by atoms with E-state index in [2.05, 4.69) is 15.6 Å². The van der Waals surface area contributed by atoms with Crippen molar-refractivity contribution in [1.82, 2.24) is 4.98 Å². The Kier molecular flexibility index (Phi) is 5.69. The zero-order valence-corrected chi connectivity index (χ0v) is 15.2. The van der Waals surface area contributed by atoms with Crippen molar-refractivity contribution in [1.29, 1.82) is 0 Å². The van der Waals surface area contributed by atoms with Gasteiger partial charge in [-0.25, -0.2) is 9.37 Å². The molecule has 0 saturated heterocycles. The molecule has 0 atom stereocenters. The van der Waals surface area contributed by atoms with Gasteiger partial charge in [0.1, 0.15) is 11.6 Å². The Morgan fingerprint density at radius 2 is 1.59 bits per heavy atom. The minimum Gasteiger partial charge on any atom is -0.322 e. The van der Waals surface area contributed by atoms with Crippen molar-refractivity contribution in [3.05, 3.63) is 87.8 Å². The summed E-state index contributed by atoms with van der Waals surface area (Å²) in [7, 11) is 0. The molecule has 27 heavy (non-hydrogen) atoms. The number of aromatic nitrogens is 1. The average molecular weight is 404 g/mol. The predicted molar refractivity (Wildman–Crippen MR) is 103 cm³/mol. The Morgan fingerprint density at radius 3 is 2.30 bits per heavy atom. The third kappa shape index (κ3) is 4.42. The number of carbonyl (C=O) groups is 2. The van der Waals surface area contributed by atoms with Gasteiger partial charge in [0.25, 0.3) is 11.8 Å². The Hall–Kier alpha value is -2.96. The molecule has 2 aromatic carbocycles. The predicted octanol–water partition coefficient (Wildman–Crippen LogP) is 5.03. The van der Waals surface area contributed by atoms with E-state index in [4.69, 9.17) is 23.2 Å². The molecule has 3 rings (SSSR count). The highest BCUT2D eigenvalue weighted by atomic mass is 35.5. The molecule has 0 aliphatic heterocycles. The quantitative estimate of drug-likeness (QED) is 0.641. The number of benzene rings is 2. The SMILES string of the molecule is O=C(Nc1cc(NC(=O)c2c(Cl)cccc2Cl)ccn1)c1ccccc1F. The summed E-state index contributed by atoms with van der Waals surface area (Å²) in [6.07, 6.45) is 1.39. The zero-order chi connectivity index (χ0) is 19.4. The van der Waals surface area contributed by atoms with Gasteiger partial charge in [0.05, 0.1) is 21.2 Å². The zero-order valence-electron chi connectivity index (χ0n) is 13.7. The first kappa shape index (κ1) is 18.8. The number of anilines is 2. The van der Waals surface area contributed by atoms with Gasteiger partial charge in [-0.15, -0.1) is 0 Å². The molecular weight excluding hydrogens is 392 g/mol. The summed E-state index contributed by atoms with van der Waals surface area (Å²) in [6.45, 7) is 0. The summed E-state index contributed by atoms with van der Waals surface area (Å²) in [6, 6.07) is 13.3. The van der Waals surface area contributed by atoms with Gasteiger partial charge >= 0.3 is 0 Å². The second-order valence-corrected chi connectivity index (χ2v) is 6.23. The van der Waals surface area contributed by atoms with Crippen molar-refractivity contribution in [2.24, 2.45) is 0 Å². The molecule has 5 nitrogen and oxygen atoms in total. The van der Waals surface area contributed by atoms with E-state index in [9.17, 15) is 14.0 Å². The van der Waals surface area contributed by atoms with Crippen LogP contribution in [0.2, 0.25) is 10.0 Å². The number of nitrogens with one attached hydrogen (secondary N) is 2. The first-order valence-electron chi connectivity index (χ1n) is 7.73. The Bertz CT molecular complexity index is 1010. The number of hydrogen-bond donors (Lipinski definition) is 2. The minimum absolute atomic E-state index is 0.114. The number of hydrogen-bond acceptors (Lipinski definition) is 3. The molecule has 8 heteroatoms. The average Bonchev–Trinajstić information content (AvgIpc) is 2.62. The molecule has 2 amide bonds. The lowest BCUT2D eigenvalue weighted by Gasteiger charge is -2.10. The number of amides is 2. The molecule has 0 bridgehead atoms. The van der Waals surface area contributed by atoms with Crippen molar-refractivity contribution in [2.45, 2.75) is 0 Å². The van der Waals surface area contributed by atoms with E-state index >= 15 is 0 Å². The smallest absolute Gasteiger partial charge is 0.259 e. The molecule has 0 aliphatic rings. The van der Waals surface area contributed by atoms with Crippen LogP contribution in [-0.2, 0) is 0 Å². The van der Waals surface area contributed by atoms with Crippen LogP contribution >= 0.6 is 23.2 Å². The molecule has 0 saturated carbocycles. The van der Waals surface area contributed by atoms with Crippen LogP contribution in [0.25, 0.3) is 0 Å². The van der Waals surface area contributed by atoms with Crippen LogP contribution in [0.1, 0.15) is 20.7 Å². The van der Waals surface area contributed by atoms with E-state index in [-0.39, 0.29) is 27.0 Å². The Morgan fingerprint density at radius 1 is 0.889 bits per heavy atom. The van der Waals surface area contributed by atoms with E-state index < -0.39 is 17.6 Å². The summed E-state index contributed by atoms with van der Waals surface area (Å²) in [5, 5.41) is 5.53. The molecule has 0 unspecified atom stereocenters. The number of pyridine rings is 1. The maximum absolute atomic E-state index is 13.7. The monoisotopic (exact) mass is 403 g/mol. The molecule has 3 aromatic rings. The second kappa shape index (κ2) is 8.16. The molecule has 1 aromatic heterocycles. The molecule has 0 fully saturated rings. The van der Waals surface area contributed by atoms with Gasteiger partial charge in [0, 0.05) is 18.0 Å². The molecule has 0 spiro atoms.